The van der Waals surface area contributed by atoms with Crippen molar-refractivity contribution in [1.82, 2.24) is 19.7 Å². The van der Waals surface area contributed by atoms with Gasteiger partial charge in [0.1, 0.15) is 12.2 Å². The van der Waals surface area contributed by atoms with Gasteiger partial charge in [-0.05, 0) is 54.8 Å². The van der Waals surface area contributed by atoms with Crippen molar-refractivity contribution in [1.29, 1.82) is 0 Å². The number of aryl methyl sites for hydroxylation is 1. The zero-order chi connectivity index (χ0) is 30.0. The van der Waals surface area contributed by atoms with Crippen molar-refractivity contribution in [3.8, 4) is 0 Å². The Morgan fingerprint density at radius 2 is 1.86 bits per heavy atom. The SMILES string of the molecule is CN1CC(Cc2cc3c(c(C(F)(F)F)c2)C(OC=O)N(c2cccc(C4(Cc5nncn5C)CC(F)(F)C4)c2)C3=O)C1. The molecule has 42 heavy (non-hydrogen) atoms. The Balaban J connectivity index is 1.41. The van der Waals surface area contributed by atoms with Crippen molar-refractivity contribution in [3.63, 3.8) is 0 Å². The Morgan fingerprint density at radius 1 is 1.12 bits per heavy atom. The predicted molar refractivity (Wildman–Crippen MR) is 140 cm³/mol. The Labute approximate surface area is 238 Å². The summed E-state index contributed by atoms with van der Waals surface area (Å²) < 4.78 is 78.6. The molecule has 3 aliphatic rings. The maximum absolute atomic E-state index is 14.4. The number of anilines is 1. The van der Waals surface area contributed by atoms with E-state index in [0.717, 1.165) is 24.1 Å². The minimum absolute atomic E-state index is 0.00417. The lowest BCUT2D eigenvalue weighted by Crippen LogP contribution is -2.51. The summed E-state index contributed by atoms with van der Waals surface area (Å²) in [6.07, 6.45) is -5.49. The number of hydrogen-bond donors (Lipinski definition) is 0. The first-order valence-electron chi connectivity index (χ1n) is 13.5. The van der Waals surface area contributed by atoms with E-state index in [1.165, 1.54) is 24.5 Å². The zero-order valence-corrected chi connectivity index (χ0v) is 22.9. The van der Waals surface area contributed by atoms with Crippen LogP contribution in [-0.4, -0.2) is 58.1 Å². The van der Waals surface area contributed by atoms with E-state index in [9.17, 15) is 31.5 Å². The standard InChI is InChI=1S/C29H28F5N5O3/c1-37-11-18(12-37)6-17-7-21-24(22(8-17)29(32,33)34)26(42-16-40)39(25(21)41)20-5-3-4-19(9-20)27(13-28(30,31)14-27)10-23-36-35-15-38(23)2/h3-5,7-9,15-16,18,26H,6,10-14H2,1-2H3. The molecule has 1 amide bonds. The van der Waals surface area contributed by atoms with Gasteiger partial charge in [-0.3, -0.25) is 14.5 Å². The lowest BCUT2D eigenvalue weighted by Gasteiger charge is -2.48. The molecule has 1 atom stereocenters. The van der Waals surface area contributed by atoms with Gasteiger partial charge in [-0.1, -0.05) is 12.1 Å². The van der Waals surface area contributed by atoms with Crippen LogP contribution in [0.4, 0.5) is 27.6 Å². The summed E-state index contributed by atoms with van der Waals surface area (Å²) in [5.41, 5.74) is -1.77. The number of halogens is 5. The number of alkyl halides is 5. The van der Waals surface area contributed by atoms with Gasteiger partial charge in [-0.15, -0.1) is 10.2 Å². The van der Waals surface area contributed by atoms with Gasteiger partial charge in [0.05, 0.1) is 5.56 Å². The molecule has 2 aliphatic heterocycles. The third-order valence-corrected chi connectivity index (χ3v) is 8.56. The Morgan fingerprint density at radius 3 is 2.45 bits per heavy atom. The molecular weight excluding hydrogens is 561 g/mol. The van der Waals surface area contributed by atoms with Gasteiger partial charge in [0.15, 0.2) is 0 Å². The molecule has 222 valence electrons. The molecule has 0 spiro atoms. The normalized spacial score (nSPS) is 21.5. The molecule has 8 nitrogen and oxygen atoms in total. The summed E-state index contributed by atoms with van der Waals surface area (Å²) >= 11 is 0. The van der Waals surface area contributed by atoms with Crippen LogP contribution in [0.15, 0.2) is 42.7 Å². The number of hydrogen-bond acceptors (Lipinski definition) is 6. The highest BCUT2D eigenvalue weighted by Crippen LogP contribution is 2.56. The van der Waals surface area contributed by atoms with Crippen LogP contribution in [0.5, 0.6) is 0 Å². The summed E-state index contributed by atoms with van der Waals surface area (Å²) in [4.78, 5) is 28.4. The highest BCUT2D eigenvalue weighted by Gasteiger charge is 2.58. The second-order valence-corrected chi connectivity index (χ2v) is 11.7. The van der Waals surface area contributed by atoms with Crippen LogP contribution >= 0.6 is 0 Å². The maximum Gasteiger partial charge on any atom is 0.416 e. The Bertz CT molecular complexity index is 1540. The van der Waals surface area contributed by atoms with E-state index in [0.29, 0.717) is 23.4 Å². The van der Waals surface area contributed by atoms with Crippen LogP contribution in [0.25, 0.3) is 0 Å². The van der Waals surface area contributed by atoms with E-state index in [1.807, 2.05) is 11.9 Å². The molecule has 0 bridgehead atoms. The van der Waals surface area contributed by atoms with E-state index < -0.39 is 53.6 Å². The Kier molecular flexibility index (Phi) is 6.63. The van der Waals surface area contributed by atoms with Crippen molar-refractivity contribution in [2.24, 2.45) is 13.0 Å². The van der Waals surface area contributed by atoms with Crippen molar-refractivity contribution >= 4 is 18.1 Å². The van der Waals surface area contributed by atoms with E-state index >= 15 is 0 Å². The zero-order valence-electron chi connectivity index (χ0n) is 22.9. The smallest absolute Gasteiger partial charge is 0.416 e. The number of rotatable bonds is 8. The monoisotopic (exact) mass is 589 g/mol. The molecule has 1 saturated heterocycles. The number of aromatic nitrogens is 3. The fraction of sp³-hybridized carbons (Fsp3) is 0.448. The number of fused-ring (bicyclic) bond motifs is 1. The van der Waals surface area contributed by atoms with Crippen molar-refractivity contribution < 1.29 is 36.3 Å². The molecular formula is C29H28F5N5O3. The van der Waals surface area contributed by atoms with Crippen LogP contribution < -0.4 is 4.90 Å². The molecule has 6 rings (SSSR count). The first kappa shape index (κ1) is 28.3. The number of nitrogens with zero attached hydrogens (tertiary/aromatic N) is 5. The second-order valence-electron chi connectivity index (χ2n) is 11.7. The average molecular weight is 590 g/mol. The van der Waals surface area contributed by atoms with Crippen LogP contribution in [0.3, 0.4) is 0 Å². The highest BCUT2D eigenvalue weighted by atomic mass is 19.4. The number of carbonyl (C=O) groups excluding carboxylic acids is 2. The molecule has 3 aromatic rings. The summed E-state index contributed by atoms with van der Waals surface area (Å²) in [5, 5.41) is 7.88. The van der Waals surface area contributed by atoms with Crippen LogP contribution in [0.1, 0.15) is 57.5 Å². The topological polar surface area (TPSA) is 80.6 Å². The van der Waals surface area contributed by atoms with Crippen molar-refractivity contribution in [2.75, 3.05) is 25.0 Å². The maximum atomic E-state index is 14.4. The van der Waals surface area contributed by atoms with Crippen molar-refractivity contribution in [3.05, 3.63) is 76.4 Å². The Hall–Kier alpha value is -3.87. The van der Waals surface area contributed by atoms with Gasteiger partial charge in [-0.25, -0.2) is 8.78 Å². The number of likely N-dealkylation sites (tertiary alicyclic amines) is 1. The summed E-state index contributed by atoms with van der Waals surface area (Å²) in [5.74, 6) is -3.03. The van der Waals surface area contributed by atoms with E-state index in [4.69, 9.17) is 4.74 Å². The number of carbonyl (C=O) groups is 2. The number of amides is 1. The summed E-state index contributed by atoms with van der Waals surface area (Å²) in [6, 6.07) is 8.66. The lowest BCUT2D eigenvalue weighted by atomic mass is 9.60. The predicted octanol–water partition coefficient (Wildman–Crippen LogP) is 4.68. The third kappa shape index (κ3) is 4.83. The summed E-state index contributed by atoms with van der Waals surface area (Å²) in [7, 11) is 3.62. The molecule has 3 heterocycles. The van der Waals surface area contributed by atoms with E-state index in [1.54, 1.807) is 23.7 Å². The van der Waals surface area contributed by atoms with Gasteiger partial charge < -0.3 is 14.2 Å². The second kappa shape index (κ2) is 9.85. The van der Waals surface area contributed by atoms with E-state index in [2.05, 4.69) is 10.2 Å². The quantitative estimate of drug-likeness (QED) is 0.281. The molecule has 2 aromatic carbocycles. The molecule has 0 radical (unpaired) electrons. The molecule has 1 saturated carbocycles. The average Bonchev–Trinajstić information content (AvgIpc) is 3.41. The fourth-order valence-corrected chi connectivity index (χ4v) is 6.72. The third-order valence-electron chi connectivity index (χ3n) is 8.56. The molecule has 1 aromatic heterocycles. The first-order chi connectivity index (χ1) is 19.8. The lowest BCUT2D eigenvalue weighted by molar-refractivity contribution is -0.142. The van der Waals surface area contributed by atoms with Crippen LogP contribution in [0, 0.1) is 5.92 Å². The van der Waals surface area contributed by atoms with Gasteiger partial charge >= 0.3 is 6.18 Å². The van der Waals surface area contributed by atoms with Gasteiger partial charge in [0.2, 0.25) is 12.2 Å². The first-order valence-corrected chi connectivity index (χ1v) is 13.5. The minimum Gasteiger partial charge on any atom is -0.439 e. The van der Waals surface area contributed by atoms with Crippen molar-refractivity contribution in [2.45, 2.75) is 49.4 Å². The number of benzene rings is 2. The molecule has 0 N–H and O–H groups in total. The highest BCUT2D eigenvalue weighted by molar-refractivity contribution is 6.11. The summed E-state index contributed by atoms with van der Waals surface area (Å²) in [6.45, 7) is 1.47. The fourth-order valence-electron chi connectivity index (χ4n) is 6.72. The van der Waals surface area contributed by atoms with Crippen LogP contribution in [0.2, 0.25) is 0 Å². The number of ether oxygens (including phenoxy) is 1. The molecule has 1 unspecified atom stereocenters. The van der Waals surface area contributed by atoms with Gasteiger partial charge in [-0.2, -0.15) is 13.2 Å². The molecule has 1 aliphatic carbocycles. The minimum atomic E-state index is -4.82. The molecule has 13 heteroatoms. The largest absolute Gasteiger partial charge is 0.439 e. The van der Waals surface area contributed by atoms with E-state index in [-0.39, 0.29) is 30.1 Å². The molecule has 2 fully saturated rings. The van der Waals surface area contributed by atoms with Gasteiger partial charge in [0, 0.05) is 61.6 Å². The van der Waals surface area contributed by atoms with Crippen LogP contribution in [-0.2, 0) is 41.0 Å². The van der Waals surface area contributed by atoms with Gasteiger partial charge in [0.25, 0.3) is 12.4 Å².